The van der Waals surface area contributed by atoms with Gasteiger partial charge in [0.15, 0.2) is 5.65 Å². The van der Waals surface area contributed by atoms with Crippen molar-refractivity contribution in [3.05, 3.63) is 53.9 Å². The van der Waals surface area contributed by atoms with E-state index in [1.54, 1.807) is 10.8 Å². The van der Waals surface area contributed by atoms with Gasteiger partial charge in [-0.1, -0.05) is 24.3 Å². The highest BCUT2D eigenvalue weighted by atomic mass is 16.1. The van der Waals surface area contributed by atoms with Crippen molar-refractivity contribution in [1.82, 2.24) is 30.0 Å². The fourth-order valence-electron chi connectivity index (χ4n) is 3.72. The molecule has 1 aliphatic heterocycles. The molecule has 0 aliphatic carbocycles. The number of carbonyl (C=O) groups excluding carboxylic acids is 1. The lowest BCUT2D eigenvalue weighted by Crippen LogP contribution is -2.40. The second-order valence-electron chi connectivity index (χ2n) is 7.86. The first-order valence-corrected chi connectivity index (χ1v) is 10.0. The quantitative estimate of drug-likeness (QED) is 0.687. The van der Waals surface area contributed by atoms with E-state index >= 15 is 0 Å². The third-order valence-corrected chi connectivity index (χ3v) is 5.33. The number of benzene rings is 1. The predicted molar refractivity (Wildman–Crippen MR) is 111 cm³/mol. The molecule has 8 heteroatoms. The molecule has 2 aromatic heterocycles. The molecule has 1 N–H and O–H groups in total. The smallest absolute Gasteiger partial charge is 0.223 e. The van der Waals surface area contributed by atoms with E-state index < -0.39 is 0 Å². The van der Waals surface area contributed by atoms with Gasteiger partial charge in [-0.15, -0.1) is 15.3 Å². The molecule has 1 saturated heterocycles. The Kier molecular flexibility index (Phi) is 5.71. The topological polar surface area (TPSA) is 78.7 Å². The lowest BCUT2D eigenvalue weighted by molar-refractivity contribution is -0.125. The number of carbonyl (C=O) groups is 1. The van der Waals surface area contributed by atoms with Crippen molar-refractivity contribution in [2.24, 2.45) is 5.92 Å². The fourth-order valence-corrected chi connectivity index (χ4v) is 3.72. The molecule has 0 radical (unpaired) electrons. The molecule has 0 saturated carbocycles. The van der Waals surface area contributed by atoms with Crippen LogP contribution >= 0.6 is 0 Å². The lowest BCUT2D eigenvalue weighted by atomic mass is 9.96. The van der Waals surface area contributed by atoms with Crippen molar-refractivity contribution in [1.29, 1.82) is 0 Å². The Hall–Kier alpha value is -3.00. The fraction of sp³-hybridized carbons (Fsp3) is 0.429. The van der Waals surface area contributed by atoms with Gasteiger partial charge in [-0.3, -0.25) is 4.79 Å². The molecule has 8 nitrogen and oxygen atoms in total. The van der Waals surface area contributed by atoms with Gasteiger partial charge in [-0.25, -0.2) is 0 Å². The number of amides is 1. The number of hydrogen-bond acceptors (Lipinski definition) is 6. The highest BCUT2D eigenvalue weighted by Gasteiger charge is 2.25. The van der Waals surface area contributed by atoms with E-state index in [9.17, 15) is 4.79 Å². The third-order valence-electron chi connectivity index (χ3n) is 5.33. The van der Waals surface area contributed by atoms with Gasteiger partial charge in [0, 0.05) is 32.1 Å². The van der Waals surface area contributed by atoms with E-state index in [0.717, 1.165) is 49.5 Å². The molecule has 29 heavy (non-hydrogen) atoms. The van der Waals surface area contributed by atoms with Gasteiger partial charge in [0.2, 0.25) is 5.91 Å². The van der Waals surface area contributed by atoms with E-state index in [2.05, 4.69) is 68.8 Å². The lowest BCUT2D eigenvalue weighted by Gasteiger charge is -2.32. The van der Waals surface area contributed by atoms with Crippen LogP contribution in [0.15, 0.2) is 42.7 Å². The minimum absolute atomic E-state index is 0.0536. The van der Waals surface area contributed by atoms with Crippen molar-refractivity contribution < 1.29 is 4.79 Å². The van der Waals surface area contributed by atoms with Crippen LogP contribution in [0.3, 0.4) is 0 Å². The van der Waals surface area contributed by atoms with Crippen molar-refractivity contribution in [3.8, 4) is 0 Å². The Balaban J connectivity index is 1.26. The van der Waals surface area contributed by atoms with Crippen LogP contribution in [0.1, 0.15) is 24.0 Å². The minimum Gasteiger partial charge on any atom is -0.355 e. The summed E-state index contributed by atoms with van der Waals surface area (Å²) in [5.41, 5.74) is 3.14. The zero-order chi connectivity index (χ0) is 20.2. The summed E-state index contributed by atoms with van der Waals surface area (Å²) in [4.78, 5) is 17.0. The molecule has 3 heterocycles. The Bertz CT molecular complexity index is 959. The summed E-state index contributed by atoms with van der Waals surface area (Å²) in [6, 6.07) is 12.3. The highest BCUT2D eigenvalue weighted by Crippen LogP contribution is 2.22. The number of nitrogens with one attached hydrogen (secondary N) is 1. The van der Waals surface area contributed by atoms with Crippen LogP contribution in [0.25, 0.3) is 5.65 Å². The summed E-state index contributed by atoms with van der Waals surface area (Å²) >= 11 is 0. The molecule has 0 atom stereocenters. The summed E-state index contributed by atoms with van der Waals surface area (Å²) in [6.07, 6.45) is 3.26. The second kappa shape index (κ2) is 8.57. The molecule has 1 aromatic carbocycles. The monoisotopic (exact) mass is 393 g/mol. The summed E-state index contributed by atoms with van der Waals surface area (Å²) in [5, 5.41) is 15.5. The van der Waals surface area contributed by atoms with Crippen molar-refractivity contribution >= 4 is 17.4 Å². The highest BCUT2D eigenvalue weighted by molar-refractivity contribution is 5.79. The first-order chi connectivity index (χ1) is 14.1. The van der Waals surface area contributed by atoms with Crippen LogP contribution < -0.4 is 10.2 Å². The van der Waals surface area contributed by atoms with Crippen molar-refractivity contribution in [2.75, 3.05) is 32.1 Å². The summed E-state index contributed by atoms with van der Waals surface area (Å²) in [7, 11) is 4.12. The van der Waals surface area contributed by atoms with Crippen LogP contribution in [0.4, 0.5) is 5.82 Å². The van der Waals surface area contributed by atoms with E-state index in [4.69, 9.17) is 0 Å². The average Bonchev–Trinajstić information content (AvgIpc) is 3.20. The summed E-state index contributed by atoms with van der Waals surface area (Å²) < 4.78 is 1.68. The van der Waals surface area contributed by atoms with Gasteiger partial charge >= 0.3 is 0 Å². The Morgan fingerprint density at radius 2 is 1.83 bits per heavy atom. The third kappa shape index (κ3) is 4.71. The number of rotatable bonds is 6. The SMILES string of the molecule is CN(C)Cc1ccc(CNC(=O)C2CCN(c3ccc4nncn4n3)CC2)cc1. The van der Waals surface area contributed by atoms with Crippen molar-refractivity contribution in [2.45, 2.75) is 25.9 Å². The summed E-state index contributed by atoms with van der Waals surface area (Å²) in [5.74, 6) is 1.09. The van der Waals surface area contributed by atoms with E-state index in [1.165, 1.54) is 5.56 Å². The molecule has 152 valence electrons. The van der Waals surface area contributed by atoms with Gasteiger partial charge in [-0.05, 0) is 50.2 Å². The van der Waals surface area contributed by atoms with Crippen LogP contribution in [-0.2, 0) is 17.9 Å². The van der Waals surface area contributed by atoms with Crippen LogP contribution in [0.5, 0.6) is 0 Å². The van der Waals surface area contributed by atoms with Gasteiger partial charge < -0.3 is 15.1 Å². The molecule has 4 rings (SSSR count). The van der Waals surface area contributed by atoms with E-state index in [-0.39, 0.29) is 11.8 Å². The number of aromatic nitrogens is 4. The molecular weight excluding hydrogens is 366 g/mol. The normalized spacial score (nSPS) is 15.2. The molecule has 0 spiro atoms. The Morgan fingerprint density at radius 1 is 1.10 bits per heavy atom. The molecule has 1 fully saturated rings. The van der Waals surface area contributed by atoms with Crippen molar-refractivity contribution in [3.63, 3.8) is 0 Å². The molecule has 3 aromatic rings. The second-order valence-corrected chi connectivity index (χ2v) is 7.86. The largest absolute Gasteiger partial charge is 0.355 e. The first-order valence-electron chi connectivity index (χ1n) is 10.0. The van der Waals surface area contributed by atoms with Gasteiger partial charge in [-0.2, -0.15) is 4.52 Å². The zero-order valence-electron chi connectivity index (χ0n) is 17.0. The van der Waals surface area contributed by atoms with Gasteiger partial charge in [0.25, 0.3) is 0 Å². The maximum atomic E-state index is 12.6. The predicted octanol–water partition coefficient (Wildman–Crippen LogP) is 1.72. The number of anilines is 1. The maximum absolute atomic E-state index is 12.6. The molecule has 1 amide bonds. The molecule has 0 unspecified atom stereocenters. The Labute approximate surface area is 170 Å². The molecule has 1 aliphatic rings. The first kappa shape index (κ1) is 19.3. The summed E-state index contributed by atoms with van der Waals surface area (Å²) in [6.45, 7) is 3.13. The standard InChI is InChI=1S/C21H27N7O/c1-26(2)14-17-5-3-16(4-6-17)13-22-21(29)18-9-11-27(12-10-18)20-8-7-19-24-23-15-28(19)25-20/h3-8,15,18H,9-14H2,1-2H3,(H,22,29). The number of piperidine rings is 1. The molecule has 0 bridgehead atoms. The number of fused-ring (bicyclic) bond motifs is 1. The van der Waals surface area contributed by atoms with E-state index in [0.29, 0.717) is 6.54 Å². The average molecular weight is 393 g/mol. The van der Waals surface area contributed by atoms with Gasteiger partial charge in [0.05, 0.1) is 0 Å². The van der Waals surface area contributed by atoms with Gasteiger partial charge in [0.1, 0.15) is 12.1 Å². The zero-order valence-corrected chi connectivity index (χ0v) is 17.0. The van der Waals surface area contributed by atoms with Crippen LogP contribution in [-0.4, -0.2) is 57.8 Å². The Morgan fingerprint density at radius 3 is 2.55 bits per heavy atom. The van der Waals surface area contributed by atoms with E-state index in [1.807, 2.05) is 12.1 Å². The maximum Gasteiger partial charge on any atom is 0.223 e. The van der Waals surface area contributed by atoms with Crippen LogP contribution in [0, 0.1) is 5.92 Å². The number of hydrogen-bond donors (Lipinski definition) is 1. The van der Waals surface area contributed by atoms with Crippen LogP contribution in [0.2, 0.25) is 0 Å². The molecular formula is C21H27N7O. The number of nitrogens with zero attached hydrogens (tertiary/aromatic N) is 6. The minimum atomic E-state index is 0.0536.